The molecule has 2 heterocycles. The van der Waals surface area contributed by atoms with E-state index in [4.69, 9.17) is 0 Å². The van der Waals surface area contributed by atoms with Crippen molar-refractivity contribution in [1.29, 1.82) is 0 Å². The molecule has 3 rings (SSSR count). The summed E-state index contributed by atoms with van der Waals surface area (Å²) in [6.07, 6.45) is -2.84. The fourth-order valence-corrected chi connectivity index (χ4v) is 3.00. The molecule has 0 aliphatic heterocycles. The number of alkyl halides is 3. The number of nitrogens with zero attached hydrogens (tertiary/aromatic N) is 2. The third kappa shape index (κ3) is 3.45. The number of anilines is 1. The van der Waals surface area contributed by atoms with E-state index in [1.165, 1.54) is 6.20 Å². The normalized spacial score (nSPS) is 11.9. The van der Waals surface area contributed by atoms with Crippen molar-refractivity contribution in [2.75, 3.05) is 11.9 Å². The van der Waals surface area contributed by atoms with Crippen LogP contribution in [-0.4, -0.2) is 16.5 Å². The lowest BCUT2D eigenvalue weighted by atomic mass is 10.1. The summed E-state index contributed by atoms with van der Waals surface area (Å²) in [5.41, 5.74) is -0.443. The second kappa shape index (κ2) is 6.31. The Labute approximate surface area is 137 Å². The number of aromatic nitrogens is 2. The molecular weight excluding hydrogens is 349 g/mol. The van der Waals surface area contributed by atoms with Crippen molar-refractivity contribution in [3.05, 3.63) is 52.1 Å². The lowest BCUT2D eigenvalue weighted by molar-refractivity contribution is -0.140. The summed E-state index contributed by atoms with van der Waals surface area (Å²) in [6.45, 7) is 0.266. The highest BCUT2D eigenvalue weighted by atomic mass is 32.1. The topological polar surface area (TPSA) is 37.8 Å². The molecule has 0 amide bonds. The Morgan fingerprint density at radius 3 is 2.67 bits per heavy atom. The average Bonchev–Trinajstić information content (AvgIpc) is 2.97. The van der Waals surface area contributed by atoms with Gasteiger partial charge in [0.1, 0.15) is 11.3 Å². The Kier molecular flexibility index (Phi) is 4.35. The van der Waals surface area contributed by atoms with Crippen LogP contribution < -0.4 is 5.32 Å². The summed E-state index contributed by atoms with van der Waals surface area (Å²) in [6, 6.07) is 3.44. The molecule has 0 radical (unpaired) electrons. The van der Waals surface area contributed by atoms with E-state index in [2.05, 4.69) is 15.3 Å². The van der Waals surface area contributed by atoms with Gasteiger partial charge in [0.2, 0.25) is 0 Å². The van der Waals surface area contributed by atoms with Crippen LogP contribution in [0.1, 0.15) is 10.7 Å². The molecule has 0 atom stereocenters. The van der Waals surface area contributed by atoms with Crippen molar-refractivity contribution < 1.29 is 22.0 Å². The molecule has 24 heavy (non-hydrogen) atoms. The molecule has 0 fully saturated rings. The molecule has 0 unspecified atom stereocenters. The Hall–Kier alpha value is -2.29. The molecule has 0 bridgehead atoms. The number of halogens is 5. The first-order valence-electron chi connectivity index (χ1n) is 6.84. The fourth-order valence-electron chi connectivity index (χ4n) is 2.19. The highest BCUT2D eigenvalue weighted by Crippen LogP contribution is 2.30. The van der Waals surface area contributed by atoms with Crippen LogP contribution in [0.2, 0.25) is 0 Å². The van der Waals surface area contributed by atoms with Gasteiger partial charge in [0.15, 0.2) is 11.5 Å². The minimum absolute atomic E-state index is 0.0232. The first-order valence-corrected chi connectivity index (χ1v) is 7.72. The summed E-state index contributed by atoms with van der Waals surface area (Å²) in [4.78, 5) is 7.39. The molecule has 3 aromatic rings. The van der Waals surface area contributed by atoms with E-state index < -0.39 is 23.5 Å². The zero-order chi connectivity index (χ0) is 17.3. The maximum Gasteiger partial charge on any atom is 0.434 e. The van der Waals surface area contributed by atoms with Crippen LogP contribution in [0.3, 0.4) is 0 Å². The SMILES string of the molecule is Fc1cc(F)c2nccc(NCCc3nc(C(F)(F)F)cs3)c2c1. The quantitative estimate of drug-likeness (QED) is 0.690. The van der Waals surface area contributed by atoms with Crippen LogP contribution >= 0.6 is 11.3 Å². The van der Waals surface area contributed by atoms with Crippen LogP contribution in [0, 0.1) is 11.6 Å². The summed E-state index contributed by atoms with van der Waals surface area (Å²) in [5.74, 6) is -1.51. The Morgan fingerprint density at radius 1 is 1.17 bits per heavy atom. The Balaban J connectivity index is 1.73. The van der Waals surface area contributed by atoms with Gasteiger partial charge in [-0.05, 0) is 12.1 Å². The molecule has 0 aliphatic carbocycles. The molecule has 9 heteroatoms. The van der Waals surface area contributed by atoms with E-state index in [0.717, 1.165) is 28.8 Å². The monoisotopic (exact) mass is 359 g/mol. The number of benzene rings is 1. The molecule has 126 valence electrons. The van der Waals surface area contributed by atoms with Crippen molar-refractivity contribution in [1.82, 2.24) is 9.97 Å². The van der Waals surface area contributed by atoms with Crippen LogP contribution in [0.5, 0.6) is 0 Å². The fraction of sp³-hybridized carbons (Fsp3) is 0.200. The third-order valence-corrected chi connectivity index (χ3v) is 4.17. The van der Waals surface area contributed by atoms with Crippen molar-refractivity contribution in [2.24, 2.45) is 0 Å². The van der Waals surface area contributed by atoms with Gasteiger partial charge in [-0.2, -0.15) is 13.2 Å². The van der Waals surface area contributed by atoms with Crippen molar-refractivity contribution in [3.8, 4) is 0 Å². The maximum absolute atomic E-state index is 13.7. The predicted octanol–water partition coefficient (Wildman–Crippen LogP) is 4.64. The molecule has 0 saturated heterocycles. The first-order chi connectivity index (χ1) is 11.3. The molecule has 0 saturated carbocycles. The highest BCUT2D eigenvalue weighted by molar-refractivity contribution is 7.09. The van der Waals surface area contributed by atoms with Gasteiger partial charge in [0.05, 0.1) is 5.01 Å². The van der Waals surface area contributed by atoms with Crippen molar-refractivity contribution in [3.63, 3.8) is 0 Å². The number of hydrogen-bond donors (Lipinski definition) is 1. The van der Waals surface area contributed by atoms with E-state index in [9.17, 15) is 22.0 Å². The lowest BCUT2D eigenvalue weighted by Gasteiger charge is -2.09. The molecule has 3 nitrogen and oxygen atoms in total. The van der Waals surface area contributed by atoms with Gasteiger partial charge in [-0.1, -0.05) is 0 Å². The molecule has 0 aliphatic rings. The number of fused-ring (bicyclic) bond motifs is 1. The summed E-state index contributed by atoms with van der Waals surface area (Å²) >= 11 is 0.917. The first kappa shape index (κ1) is 16.6. The number of nitrogens with one attached hydrogen (secondary N) is 1. The minimum Gasteiger partial charge on any atom is -0.384 e. The van der Waals surface area contributed by atoms with Crippen molar-refractivity contribution >= 4 is 27.9 Å². The van der Waals surface area contributed by atoms with Crippen LogP contribution in [0.15, 0.2) is 29.8 Å². The van der Waals surface area contributed by atoms with Crippen LogP contribution in [0.4, 0.5) is 27.6 Å². The molecule has 2 aromatic heterocycles. The highest BCUT2D eigenvalue weighted by Gasteiger charge is 2.33. The average molecular weight is 359 g/mol. The Bertz CT molecular complexity index is 875. The number of hydrogen-bond acceptors (Lipinski definition) is 4. The van der Waals surface area contributed by atoms with Gasteiger partial charge >= 0.3 is 6.18 Å². The summed E-state index contributed by atoms with van der Waals surface area (Å²) < 4.78 is 64.5. The maximum atomic E-state index is 13.7. The molecular formula is C15H10F5N3S. The number of thiazole rings is 1. The lowest BCUT2D eigenvalue weighted by Crippen LogP contribution is -2.08. The van der Waals surface area contributed by atoms with Gasteiger partial charge in [-0.3, -0.25) is 4.98 Å². The summed E-state index contributed by atoms with van der Waals surface area (Å²) in [7, 11) is 0. The van der Waals surface area contributed by atoms with Gasteiger partial charge in [0.25, 0.3) is 0 Å². The zero-order valence-electron chi connectivity index (χ0n) is 12.0. The summed E-state index contributed by atoms with van der Waals surface area (Å²) in [5, 5.41) is 4.50. The number of rotatable bonds is 4. The van der Waals surface area contributed by atoms with Gasteiger partial charge in [0, 0.05) is 41.7 Å². The van der Waals surface area contributed by atoms with Gasteiger partial charge in [-0.15, -0.1) is 11.3 Å². The van der Waals surface area contributed by atoms with E-state index >= 15 is 0 Å². The molecule has 0 spiro atoms. The van der Waals surface area contributed by atoms with E-state index in [1.807, 2.05) is 0 Å². The third-order valence-electron chi connectivity index (χ3n) is 3.26. The van der Waals surface area contributed by atoms with E-state index in [-0.39, 0.29) is 23.9 Å². The van der Waals surface area contributed by atoms with Crippen LogP contribution in [0.25, 0.3) is 10.9 Å². The minimum atomic E-state index is -4.46. The van der Waals surface area contributed by atoms with Crippen molar-refractivity contribution in [2.45, 2.75) is 12.6 Å². The molecule has 1 N–H and O–H groups in total. The van der Waals surface area contributed by atoms with Gasteiger partial charge < -0.3 is 5.32 Å². The zero-order valence-corrected chi connectivity index (χ0v) is 12.8. The largest absolute Gasteiger partial charge is 0.434 e. The second-order valence-electron chi connectivity index (χ2n) is 4.94. The number of pyridine rings is 1. The van der Waals surface area contributed by atoms with E-state index in [1.54, 1.807) is 6.07 Å². The smallest absolute Gasteiger partial charge is 0.384 e. The second-order valence-corrected chi connectivity index (χ2v) is 5.89. The predicted molar refractivity (Wildman–Crippen MR) is 81.0 cm³/mol. The Morgan fingerprint density at radius 2 is 1.96 bits per heavy atom. The van der Waals surface area contributed by atoms with E-state index in [0.29, 0.717) is 10.7 Å². The van der Waals surface area contributed by atoms with Crippen LogP contribution in [-0.2, 0) is 12.6 Å². The molecule has 1 aromatic carbocycles. The standard InChI is InChI=1S/C15H10F5N3S/c16-8-5-9-11(1-3-22-14(9)10(17)6-8)21-4-2-13-23-12(7-24-13)15(18,19)20/h1,3,5-7H,2,4H2,(H,21,22). The van der Waals surface area contributed by atoms with Gasteiger partial charge in [-0.25, -0.2) is 13.8 Å².